The number of aliphatic imine (C=N–C) groups is 1. The molecule has 0 aromatic carbocycles. The lowest BCUT2D eigenvalue weighted by Gasteiger charge is -2.37. The zero-order chi connectivity index (χ0) is 21.0. The molecule has 2 N–H and O–H groups in total. The topological polar surface area (TPSA) is 78.4 Å². The van der Waals surface area contributed by atoms with Gasteiger partial charge in [0, 0.05) is 53.5 Å². The van der Waals surface area contributed by atoms with Crippen molar-refractivity contribution in [2.75, 3.05) is 60.5 Å². The Bertz CT molecular complexity index is 485. The molecule has 1 rings (SSSR count). The molecule has 9 heteroatoms. The van der Waals surface area contributed by atoms with E-state index in [0.29, 0.717) is 6.54 Å². The Balaban J connectivity index is 0.00000784. The van der Waals surface area contributed by atoms with Crippen LogP contribution in [0.3, 0.4) is 0 Å². The Morgan fingerprint density at radius 3 is 2.59 bits per heavy atom. The van der Waals surface area contributed by atoms with Crippen molar-refractivity contribution >= 4 is 36.0 Å². The van der Waals surface area contributed by atoms with Gasteiger partial charge in [-0.25, -0.2) is 4.79 Å². The van der Waals surface area contributed by atoms with Crippen molar-refractivity contribution in [2.24, 2.45) is 4.99 Å². The van der Waals surface area contributed by atoms with Crippen LogP contribution >= 0.6 is 24.0 Å². The summed E-state index contributed by atoms with van der Waals surface area (Å²) in [7, 11) is 5.60. The van der Waals surface area contributed by atoms with Gasteiger partial charge in [-0.15, -0.1) is 24.0 Å². The Morgan fingerprint density at radius 2 is 1.97 bits per heavy atom. The van der Waals surface area contributed by atoms with E-state index in [0.717, 1.165) is 64.4 Å². The fraction of sp³-hybridized carbons (Fsp3) is 0.900. The van der Waals surface area contributed by atoms with Crippen LogP contribution < -0.4 is 10.6 Å². The number of hydrogen-bond donors (Lipinski definition) is 2. The standard InChI is InChI=1S/C20H41N5O3.HI/c1-20(2,3)28-19(26)25-13-8-7-10-17(25)16-23-18(21-4)22-11-14-24(5)12-9-15-27-6;/h17H,7-16H2,1-6H3,(H2,21,22,23);1H. The summed E-state index contributed by atoms with van der Waals surface area (Å²) in [6.07, 6.45) is 3.94. The third kappa shape index (κ3) is 12.5. The SMILES string of the molecule is CN=C(NCCN(C)CCCOC)NCC1CCCCN1C(=O)OC(C)(C)C.I. The number of nitrogens with one attached hydrogen (secondary N) is 2. The first-order valence-electron chi connectivity index (χ1n) is 10.4. The lowest BCUT2D eigenvalue weighted by molar-refractivity contribution is 0.0104. The maximum Gasteiger partial charge on any atom is 0.410 e. The molecular weight excluding hydrogens is 485 g/mol. The molecule has 0 radical (unpaired) electrons. The lowest BCUT2D eigenvalue weighted by Crippen LogP contribution is -2.52. The molecule has 0 bridgehead atoms. The number of piperidine rings is 1. The normalized spacial score (nSPS) is 17.7. The van der Waals surface area contributed by atoms with E-state index in [9.17, 15) is 4.79 Å². The number of guanidine groups is 1. The van der Waals surface area contributed by atoms with E-state index in [1.54, 1.807) is 14.2 Å². The second-order valence-electron chi connectivity index (χ2n) is 8.35. The molecule has 172 valence electrons. The number of methoxy groups -OCH3 is 1. The number of amides is 1. The van der Waals surface area contributed by atoms with Gasteiger partial charge in [-0.2, -0.15) is 0 Å². The minimum absolute atomic E-state index is 0. The summed E-state index contributed by atoms with van der Waals surface area (Å²) in [5, 5.41) is 6.71. The quantitative estimate of drug-likeness (QED) is 0.208. The average Bonchev–Trinajstić information content (AvgIpc) is 2.63. The number of carbonyl (C=O) groups excluding carboxylic acids is 1. The van der Waals surface area contributed by atoms with Crippen molar-refractivity contribution in [1.29, 1.82) is 0 Å². The van der Waals surface area contributed by atoms with Gasteiger partial charge in [-0.05, 0) is 53.5 Å². The predicted molar refractivity (Wildman–Crippen MR) is 129 cm³/mol. The number of rotatable bonds is 9. The van der Waals surface area contributed by atoms with Gasteiger partial charge >= 0.3 is 6.09 Å². The summed E-state index contributed by atoms with van der Waals surface area (Å²) in [6.45, 7) is 10.7. The summed E-state index contributed by atoms with van der Waals surface area (Å²) >= 11 is 0. The van der Waals surface area contributed by atoms with Crippen LogP contribution in [0.25, 0.3) is 0 Å². The van der Waals surface area contributed by atoms with Crippen molar-refractivity contribution < 1.29 is 14.3 Å². The van der Waals surface area contributed by atoms with Crippen LogP contribution in [0.5, 0.6) is 0 Å². The molecule has 0 saturated carbocycles. The molecule has 0 aromatic rings. The summed E-state index contributed by atoms with van der Waals surface area (Å²) in [6, 6.07) is 0.124. The zero-order valence-electron chi connectivity index (χ0n) is 19.1. The highest BCUT2D eigenvalue weighted by Gasteiger charge is 2.30. The molecule has 1 heterocycles. The van der Waals surface area contributed by atoms with Crippen molar-refractivity contribution in [1.82, 2.24) is 20.4 Å². The number of nitrogens with zero attached hydrogens (tertiary/aromatic N) is 3. The number of likely N-dealkylation sites (tertiary alicyclic amines) is 1. The van der Waals surface area contributed by atoms with Crippen LogP contribution in [-0.2, 0) is 9.47 Å². The van der Waals surface area contributed by atoms with Crippen molar-refractivity contribution in [3.8, 4) is 0 Å². The van der Waals surface area contributed by atoms with E-state index < -0.39 is 5.60 Å². The number of halogens is 1. The Kier molecular flexibility index (Phi) is 14.6. The molecule has 1 atom stereocenters. The van der Waals surface area contributed by atoms with Gasteiger partial charge in [0.25, 0.3) is 0 Å². The highest BCUT2D eigenvalue weighted by Crippen LogP contribution is 2.20. The van der Waals surface area contributed by atoms with Gasteiger partial charge in [0.1, 0.15) is 5.60 Å². The lowest BCUT2D eigenvalue weighted by atomic mass is 10.0. The molecular formula is C20H42IN5O3. The van der Waals surface area contributed by atoms with E-state index in [4.69, 9.17) is 9.47 Å². The maximum atomic E-state index is 12.5. The number of hydrogen-bond acceptors (Lipinski definition) is 5. The first-order chi connectivity index (χ1) is 13.3. The summed E-state index contributed by atoms with van der Waals surface area (Å²) in [5.74, 6) is 0.764. The van der Waals surface area contributed by atoms with Crippen LogP contribution in [0.1, 0.15) is 46.5 Å². The smallest absolute Gasteiger partial charge is 0.410 e. The average molecular weight is 527 g/mol. The molecule has 29 heavy (non-hydrogen) atoms. The van der Waals surface area contributed by atoms with Crippen LogP contribution in [0, 0.1) is 0 Å². The van der Waals surface area contributed by atoms with E-state index in [2.05, 4.69) is 27.6 Å². The number of carbonyl (C=O) groups is 1. The molecule has 0 spiro atoms. The largest absolute Gasteiger partial charge is 0.444 e. The Hall–Kier alpha value is -0.810. The van der Waals surface area contributed by atoms with E-state index in [-0.39, 0.29) is 36.1 Å². The van der Waals surface area contributed by atoms with Gasteiger partial charge in [0.15, 0.2) is 5.96 Å². The van der Waals surface area contributed by atoms with Gasteiger partial charge in [-0.1, -0.05) is 0 Å². The minimum Gasteiger partial charge on any atom is -0.444 e. The minimum atomic E-state index is -0.473. The maximum absolute atomic E-state index is 12.5. The van der Waals surface area contributed by atoms with Gasteiger partial charge in [0.05, 0.1) is 6.04 Å². The third-order valence-corrected chi connectivity index (χ3v) is 4.66. The molecule has 1 saturated heterocycles. The molecule has 1 fully saturated rings. The van der Waals surface area contributed by atoms with E-state index in [1.807, 2.05) is 25.7 Å². The van der Waals surface area contributed by atoms with Crippen molar-refractivity contribution in [3.05, 3.63) is 0 Å². The van der Waals surface area contributed by atoms with Crippen LogP contribution in [0.4, 0.5) is 4.79 Å². The number of likely N-dealkylation sites (N-methyl/N-ethyl adjacent to an activating group) is 1. The molecule has 0 aliphatic carbocycles. The molecule has 1 aliphatic rings. The molecule has 1 aliphatic heterocycles. The molecule has 0 aromatic heterocycles. The summed E-state index contributed by atoms with van der Waals surface area (Å²) < 4.78 is 10.7. The summed E-state index contributed by atoms with van der Waals surface area (Å²) in [5.41, 5.74) is -0.473. The van der Waals surface area contributed by atoms with Crippen molar-refractivity contribution in [2.45, 2.75) is 58.1 Å². The highest BCUT2D eigenvalue weighted by atomic mass is 127. The second-order valence-corrected chi connectivity index (χ2v) is 8.35. The first-order valence-corrected chi connectivity index (χ1v) is 10.4. The third-order valence-electron chi connectivity index (χ3n) is 4.66. The van der Waals surface area contributed by atoms with Crippen LogP contribution in [0.2, 0.25) is 0 Å². The van der Waals surface area contributed by atoms with Gasteiger partial charge < -0.3 is 29.9 Å². The van der Waals surface area contributed by atoms with Gasteiger partial charge in [-0.3, -0.25) is 4.99 Å². The van der Waals surface area contributed by atoms with Gasteiger partial charge in [0.2, 0.25) is 0 Å². The zero-order valence-corrected chi connectivity index (χ0v) is 21.5. The second kappa shape index (κ2) is 15.1. The first kappa shape index (κ1) is 28.2. The fourth-order valence-corrected chi connectivity index (χ4v) is 3.16. The van der Waals surface area contributed by atoms with E-state index in [1.165, 1.54) is 0 Å². The Labute approximate surface area is 194 Å². The van der Waals surface area contributed by atoms with Crippen molar-refractivity contribution in [3.63, 3.8) is 0 Å². The fourth-order valence-electron chi connectivity index (χ4n) is 3.16. The predicted octanol–water partition coefficient (Wildman–Crippen LogP) is 2.53. The number of ether oxygens (including phenoxy) is 2. The Morgan fingerprint density at radius 1 is 1.24 bits per heavy atom. The van der Waals surface area contributed by atoms with Crippen LogP contribution in [-0.4, -0.2) is 94.0 Å². The van der Waals surface area contributed by atoms with E-state index >= 15 is 0 Å². The summed E-state index contributed by atoms with van der Waals surface area (Å²) in [4.78, 5) is 20.9. The molecule has 1 unspecified atom stereocenters. The monoisotopic (exact) mass is 527 g/mol. The molecule has 8 nitrogen and oxygen atoms in total. The molecule has 1 amide bonds. The van der Waals surface area contributed by atoms with Crippen LogP contribution in [0.15, 0.2) is 4.99 Å². The highest BCUT2D eigenvalue weighted by molar-refractivity contribution is 14.0.